The summed E-state index contributed by atoms with van der Waals surface area (Å²) >= 11 is 0. The van der Waals surface area contributed by atoms with Gasteiger partial charge >= 0.3 is 0 Å². The molecule has 1 aromatic rings. The summed E-state index contributed by atoms with van der Waals surface area (Å²) in [6, 6.07) is 6.58. The highest BCUT2D eigenvalue weighted by Gasteiger charge is 2.32. The first kappa shape index (κ1) is 15.4. The topological polar surface area (TPSA) is 63.9 Å². The molecule has 2 rings (SSSR count). The normalized spacial score (nSPS) is 27.7. The summed E-state index contributed by atoms with van der Waals surface area (Å²) < 4.78 is 13.5. The van der Waals surface area contributed by atoms with Crippen LogP contribution < -0.4 is 0 Å². The second-order valence-corrected chi connectivity index (χ2v) is 5.40. The molecule has 0 spiro atoms. The number of halogens is 1. The van der Waals surface area contributed by atoms with Crippen molar-refractivity contribution in [1.29, 1.82) is 0 Å². The van der Waals surface area contributed by atoms with E-state index in [1.54, 1.807) is 12.1 Å². The molecule has 1 aliphatic rings. The third-order valence-electron chi connectivity index (χ3n) is 3.96. The van der Waals surface area contributed by atoms with Crippen molar-refractivity contribution in [2.75, 3.05) is 19.7 Å². The van der Waals surface area contributed by atoms with Crippen LogP contribution in [0.3, 0.4) is 0 Å². The fourth-order valence-electron chi connectivity index (χ4n) is 2.73. The number of likely N-dealkylation sites (tertiary alicyclic amines) is 1. The molecule has 4 nitrogen and oxygen atoms in total. The van der Waals surface area contributed by atoms with Gasteiger partial charge in [0.1, 0.15) is 5.82 Å². The first-order chi connectivity index (χ1) is 9.61. The molecule has 0 saturated carbocycles. The average Bonchev–Trinajstić information content (AvgIpc) is 2.44. The Morgan fingerprint density at radius 2 is 1.95 bits per heavy atom. The Morgan fingerprint density at radius 3 is 2.65 bits per heavy atom. The van der Waals surface area contributed by atoms with Crippen LogP contribution in [-0.2, 0) is 6.42 Å². The summed E-state index contributed by atoms with van der Waals surface area (Å²) in [5.41, 5.74) is 0.686. The lowest BCUT2D eigenvalue weighted by Gasteiger charge is -2.39. The minimum atomic E-state index is -0.772. The van der Waals surface area contributed by atoms with Gasteiger partial charge in [0.2, 0.25) is 0 Å². The van der Waals surface area contributed by atoms with E-state index >= 15 is 0 Å². The lowest BCUT2D eigenvalue weighted by Crippen LogP contribution is -2.53. The zero-order valence-electron chi connectivity index (χ0n) is 11.5. The number of aryl methyl sites for hydroxylation is 1. The monoisotopic (exact) mass is 283 g/mol. The predicted molar refractivity (Wildman–Crippen MR) is 73.8 cm³/mol. The minimum Gasteiger partial charge on any atom is -0.395 e. The van der Waals surface area contributed by atoms with Gasteiger partial charge in [-0.3, -0.25) is 4.90 Å². The number of β-amino-alcohol motifs (C(OH)–C–C–N with tert-alkyl or cyclic N) is 1. The van der Waals surface area contributed by atoms with E-state index in [0.29, 0.717) is 31.5 Å². The van der Waals surface area contributed by atoms with Gasteiger partial charge in [0.15, 0.2) is 0 Å². The molecule has 1 saturated heterocycles. The Balaban J connectivity index is 1.85. The smallest absolute Gasteiger partial charge is 0.126 e. The lowest BCUT2D eigenvalue weighted by atomic mass is 9.97. The molecule has 1 heterocycles. The molecule has 0 radical (unpaired) electrons. The maximum Gasteiger partial charge on any atom is 0.126 e. The van der Waals surface area contributed by atoms with Crippen molar-refractivity contribution in [3.05, 3.63) is 35.6 Å². The fraction of sp³-hybridized carbons (Fsp3) is 0.600. The van der Waals surface area contributed by atoms with Crippen LogP contribution in [0.25, 0.3) is 0 Å². The SMILES string of the molecule is OC[C@H]1CC(O)[C@@H](O)CN1CCCc1ccccc1F. The summed E-state index contributed by atoms with van der Waals surface area (Å²) in [5, 5.41) is 28.6. The van der Waals surface area contributed by atoms with Gasteiger partial charge in [-0.2, -0.15) is 0 Å². The number of piperidine rings is 1. The fourth-order valence-corrected chi connectivity index (χ4v) is 2.73. The Hall–Kier alpha value is -1.01. The van der Waals surface area contributed by atoms with E-state index in [0.717, 1.165) is 6.42 Å². The van der Waals surface area contributed by atoms with Crippen LogP contribution in [0.4, 0.5) is 4.39 Å². The number of benzene rings is 1. The molecule has 0 amide bonds. The zero-order chi connectivity index (χ0) is 14.5. The first-order valence-electron chi connectivity index (χ1n) is 7.06. The molecule has 3 atom stereocenters. The van der Waals surface area contributed by atoms with E-state index < -0.39 is 12.2 Å². The van der Waals surface area contributed by atoms with Crippen molar-refractivity contribution in [3.63, 3.8) is 0 Å². The van der Waals surface area contributed by atoms with Crippen molar-refractivity contribution >= 4 is 0 Å². The van der Waals surface area contributed by atoms with Crippen LogP contribution in [0, 0.1) is 5.82 Å². The molecule has 5 heteroatoms. The van der Waals surface area contributed by atoms with Crippen LogP contribution in [0.2, 0.25) is 0 Å². The predicted octanol–water partition coefficient (Wildman–Crippen LogP) is 0.547. The van der Waals surface area contributed by atoms with Crippen LogP contribution in [0.1, 0.15) is 18.4 Å². The van der Waals surface area contributed by atoms with Crippen LogP contribution in [0.5, 0.6) is 0 Å². The molecule has 1 unspecified atom stereocenters. The Labute approximate surface area is 118 Å². The van der Waals surface area contributed by atoms with Crippen molar-refractivity contribution in [2.45, 2.75) is 37.5 Å². The van der Waals surface area contributed by atoms with Crippen molar-refractivity contribution in [3.8, 4) is 0 Å². The van der Waals surface area contributed by atoms with E-state index in [1.807, 2.05) is 11.0 Å². The van der Waals surface area contributed by atoms with E-state index in [1.165, 1.54) is 6.07 Å². The highest BCUT2D eigenvalue weighted by Crippen LogP contribution is 2.19. The molecule has 1 fully saturated rings. The molecular weight excluding hydrogens is 261 g/mol. The van der Waals surface area contributed by atoms with E-state index in [4.69, 9.17) is 0 Å². The van der Waals surface area contributed by atoms with Gasteiger partial charge in [0.25, 0.3) is 0 Å². The largest absolute Gasteiger partial charge is 0.395 e. The van der Waals surface area contributed by atoms with Gasteiger partial charge in [-0.05, 0) is 37.4 Å². The highest BCUT2D eigenvalue weighted by molar-refractivity contribution is 5.17. The van der Waals surface area contributed by atoms with Gasteiger partial charge in [0.05, 0.1) is 18.8 Å². The van der Waals surface area contributed by atoms with Crippen LogP contribution in [0.15, 0.2) is 24.3 Å². The lowest BCUT2D eigenvalue weighted by molar-refractivity contribution is -0.0709. The van der Waals surface area contributed by atoms with Gasteiger partial charge in [-0.25, -0.2) is 4.39 Å². The Kier molecular flexibility index (Phi) is 5.48. The maximum absolute atomic E-state index is 13.5. The number of hydrogen-bond acceptors (Lipinski definition) is 4. The summed E-state index contributed by atoms with van der Waals surface area (Å²) in [7, 11) is 0. The standard InChI is InChI=1S/C15H22FNO3/c16-13-6-2-1-4-11(13)5-3-7-17-9-15(20)14(19)8-12(17)10-18/h1-2,4,6,12,14-15,18-20H,3,5,7-10H2/t12-,14?,15+/m1/s1. The molecule has 0 aliphatic carbocycles. The maximum atomic E-state index is 13.5. The van der Waals surface area contributed by atoms with E-state index in [-0.39, 0.29) is 18.5 Å². The summed E-state index contributed by atoms with van der Waals surface area (Å²) in [6.45, 7) is 0.983. The Morgan fingerprint density at radius 1 is 1.20 bits per heavy atom. The molecule has 0 bridgehead atoms. The molecule has 0 aromatic heterocycles. The minimum absolute atomic E-state index is 0.0382. The number of aliphatic hydroxyl groups is 3. The number of aliphatic hydroxyl groups excluding tert-OH is 3. The molecule has 1 aliphatic heterocycles. The van der Waals surface area contributed by atoms with Gasteiger partial charge < -0.3 is 15.3 Å². The zero-order valence-corrected chi connectivity index (χ0v) is 11.5. The summed E-state index contributed by atoms with van der Waals surface area (Å²) in [5.74, 6) is -0.194. The second kappa shape index (κ2) is 7.13. The first-order valence-corrected chi connectivity index (χ1v) is 7.06. The highest BCUT2D eigenvalue weighted by atomic mass is 19.1. The average molecular weight is 283 g/mol. The molecular formula is C15H22FNO3. The molecule has 1 aromatic carbocycles. The van der Waals surface area contributed by atoms with Crippen LogP contribution in [-0.4, -0.2) is 58.2 Å². The molecule has 3 N–H and O–H groups in total. The van der Waals surface area contributed by atoms with Gasteiger partial charge in [0, 0.05) is 12.6 Å². The van der Waals surface area contributed by atoms with Crippen LogP contribution >= 0.6 is 0 Å². The third kappa shape index (κ3) is 3.76. The van der Waals surface area contributed by atoms with Crippen molar-refractivity contribution in [2.24, 2.45) is 0 Å². The van der Waals surface area contributed by atoms with Crippen molar-refractivity contribution < 1.29 is 19.7 Å². The number of rotatable bonds is 5. The Bertz CT molecular complexity index is 429. The van der Waals surface area contributed by atoms with E-state index in [2.05, 4.69) is 0 Å². The van der Waals surface area contributed by atoms with Gasteiger partial charge in [-0.1, -0.05) is 18.2 Å². The molecule has 112 valence electrons. The summed E-state index contributed by atoms with van der Waals surface area (Å²) in [4.78, 5) is 1.97. The third-order valence-corrected chi connectivity index (χ3v) is 3.96. The van der Waals surface area contributed by atoms with E-state index in [9.17, 15) is 19.7 Å². The molecule has 20 heavy (non-hydrogen) atoms. The summed E-state index contributed by atoms with van der Waals surface area (Å²) in [6.07, 6.45) is 0.207. The quantitative estimate of drug-likeness (QED) is 0.738. The number of nitrogens with zero attached hydrogens (tertiary/aromatic N) is 1. The van der Waals surface area contributed by atoms with Gasteiger partial charge in [-0.15, -0.1) is 0 Å². The number of hydrogen-bond donors (Lipinski definition) is 3. The van der Waals surface area contributed by atoms with Crippen molar-refractivity contribution in [1.82, 2.24) is 4.90 Å². The second-order valence-electron chi connectivity index (χ2n) is 5.40.